The summed E-state index contributed by atoms with van der Waals surface area (Å²) in [6, 6.07) is 3.73. The number of halogens is 2. The highest BCUT2D eigenvalue weighted by Crippen LogP contribution is 2.18. The highest BCUT2D eigenvalue weighted by Gasteiger charge is 2.25. The minimum Gasteiger partial charge on any atom is -0.480 e. The Morgan fingerprint density at radius 3 is 2.65 bits per heavy atom. The minimum absolute atomic E-state index is 0.330. The molecule has 0 bridgehead atoms. The monoisotopic (exact) mass is 455 g/mol. The molecule has 0 aliphatic heterocycles. The van der Waals surface area contributed by atoms with Gasteiger partial charge in [0.05, 0.1) is 19.1 Å². The lowest BCUT2D eigenvalue weighted by Crippen LogP contribution is -2.42. The van der Waals surface area contributed by atoms with Gasteiger partial charge in [-0.05, 0) is 40.8 Å². The van der Waals surface area contributed by atoms with Gasteiger partial charge in [0.15, 0.2) is 0 Å². The van der Waals surface area contributed by atoms with Gasteiger partial charge in [-0.2, -0.15) is 0 Å². The van der Waals surface area contributed by atoms with E-state index in [1.807, 2.05) is 22.6 Å². The molecule has 0 saturated carbocycles. The summed E-state index contributed by atoms with van der Waals surface area (Å²) >= 11 is 5.21. The van der Waals surface area contributed by atoms with Gasteiger partial charge in [-0.1, -0.05) is 15.9 Å². The number of esters is 1. The Bertz CT molecular complexity index is 549. The first kappa shape index (κ1) is 16.9. The summed E-state index contributed by atoms with van der Waals surface area (Å²) in [6.07, 6.45) is -0.428. The zero-order chi connectivity index (χ0) is 15.3. The predicted octanol–water partition coefficient (Wildman–Crippen LogP) is 1.80. The van der Waals surface area contributed by atoms with Crippen LogP contribution >= 0.6 is 38.5 Å². The summed E-state index contributed by atoms with van der Waals surface area (Å²) in [7, 11) is 1.15. The standard InChI is InChI=1S/C12H11BrINO5/c1-20-10(16)5-9(12(18)19)15-11(17)7-4-6(13)2-3-8(7)14/h2-4,9H,5H2,1H3,(H,15,17)(H,18,19)/t9-/m0/s1. The number of rotatable bonds is 5. The van der Waals surface area contributed by atoms with Crippen LogP contribution in [0.25, 0.3) is 0 Å². The summed E-state index contributed by atoms with van der Waals surface area (Å²) in [4.78, 5) is 34.2. The number of methoxy groups -OCH3 is 1. The molecule has 2 N–H and O–H groups in total. The van der Waals surface area contributed by atoms with Crippen LogP contribution in [0, 0.1) is 3.57 Å². The molecular weight excluding hydrogens is 445 g/mol. The number of carboxylic acid groups (broad SMARTS) is 1. The molecule has 1 aromatic rings. The maximum absolute atomic E-state index is 12.1. The number of aliphatic carboxylic acids is 1. The second kappa shape index (κ2) is 7.58. The molecule has 1 atom stereocenters. The Kier molecular flexibility index (Phi) is 6.40. The molecule has 0 heterocycles. The molecule has 8 heteroatoms. The molecule has 1 rings (SSSR count). The van der Waals surface area contributed by atoms with Crippen molar-refractivity contribution in [1.29, 1.82) is 0 Å². The van der Waals surface area contributed by atoms with Crippen molar-refractivity contribution in [2.45, 2.75) is 12.5 Å². The maximum atomic E-state index is 12.1. The van der Waals surface area contributed by atoms with Crippen LogP contribution < -0.4 is 5.32 Å². The number of nitrogens with one attached hydrogen (secondary N) is 1. The number of ether oxygens (including phenoxy) is 1. The first-order chi connectivity index (χ1) is 9.35. The van der Waals surface area contributed by atoms with Crippen molar-refractivity contribution in [2.24, 2.45) is 0 Å². The summed E-state index contributed by atoms with van der Waals surface area (Å²) in [6.45, 7) is 0. The van der Waals surface area contributed by atoms with E-state index in [2.05, 4.69) is 26.0 Å². The SMILES string of the molecule is COC(=O)C[C@H](NC(=O)c1cc(Br)ccc1I)C(=O)O. The van der Waals surface area contributed by atoms with Crippen molar-refractivity contribution in [2.75, 3.05) is 7.11 Å². The van der Waals surface area contributed by atoms with Gasteiger partial charge < -0.3 is 15.2 Å². The van der Waals surface area contributed by atoms with E-state index < -0.39 is 30.3 Å². The Hall–Kier alpha value is -1.16. The van der Waals surface area contributed by atoms with E-state index in [0.717, 1.165) is 7.11 Å². The largest absolute Gasteiger partial charge is 0.480 e. The molecule has 0 saturated heterocycles. The minimum atomic E-state index is -1.33. The predicted molar refractivity (Wildman–Crippen MR) is 82.4 cm³/mol. The molecule has 0 aliphatic carbocycles. The summed E-state index contributed by atoms with van der Waals surface area (Å²) < 4.78 is 5.77. The molecule has 20 heavy (non-hydrogen) atoms. The highest BCUT2D eigenvalue weighted by atomic mass is 127. The number of hydrogen-bond acceptors (Lipinski definition) is 4. The average Bonchev–Trinajstić information content (AvgIpc) is 2.40. The van der Waals surface area contributed by atoms with Crippen LogP contribution in [0.15, 0.2) is 22.7 Å². The zero-order valence-corrected chi connectivity index (χ0v) is 14.1. The number of benzene rings is 1. The van der Waals surface area contributed by atoms with Crippen LogP contribution in [0.3, 0.4) is 0 Å². The molecule has 0 aliphatic rings. The van der Waals surface area contributed by atoms with Gasteiger partial charge in [-0.25, -0.2) is 4.79 Å². The third-order valence-electron chi connectivity index (χ3n) is 2.37. The number of carbonyl (C=O) groups excluding carboxylic acids is 2. The van der Waals surface area contributed by atoms with Crippen LogP contribution in [-0.2, 0) is 14.3 Å². The fourth-order valence-corrected chi connectivity index (χ4v) is 2.30. The van der Waals surface area contributed by atoms with E-state index in [9.17, 15) is 14.4 Å². The number of carboxylic acids is 1. The summed E-state index contributed by atoms with van der Waals surface area (Å²) in [5, 5.41) is 11.3. The van der Waals surface area contributed by atoms with Gasteiger partial charge in [0.1, 0.15) is 6.04 Å². The normalized spacial score (nSPS) is 11.6. The van der Waals surface area contributed by atoms with Crippen LogP contribution in [0.2, 0.25) is 0 Å². The van der Waals surface area contributed by atoms with E-state index in [-0.39, 0.29) is 0 Å². The third kappa shape index (κ3) is 4.75. The second-order valence-electron chi connectivity index (χ2n) is 3.77. The lowest BCUT2D eigenvalue weighted by Gasteiger charge is -2.14. The Morgan fingerprint density at radius 1 is 1.45 bits per heavy atom. The van der Waals surface area contributed by atoms with E-state index in [1.54, 1.807) is 18.2 Å². The van der Waals surface area contributed by atoms with Gasteiger partial charge in [-0.15, -0.1) is 0 Å². The van der Waals surface area contributed by atoms with Gasteiger partial charge in [0.2, 0.25) is 0 Å². The molecule has 0 aromatic heterocycles. The van der Waals surface area contributed by atoms with Gasteiger partial charge in [-0.3, -0.25) is 9.59 Å². The fraction of sp³-hybridized carbons (Fsp3) is 0.250. The molecule has 0 fully saturated rings. The molecule has 0 radical (unpaired) electrons. The third-order valence-corrected chi connectivity index (χ3v) is 3.81. The fourth-order valence-electron chi connectivity index (χ4n) is 1.36. The quantitative estimate of drug-likeness (QED) is 0.521. The zero-order valence-electron chi connectivity index (χ0n) is 10.4. The van der Waals surface area contributed by atoms with E-state index >= 15 is 0 Å². The Balaban J connectivity index is 2.88. The maximum Gasteiger partial charge on any atom is 0.326 e. The average molecular weight is 456 g/mol. The van der Waals surface area contributed by atoms with Gasteiger partial charge in [0.25, 0.3) is 5.91 Å². The van der Waals surface area contributed by atoms with Gasteiger partial charge >= 0.3 is 11.9 Å². The molecule has 1 amide bonds. The molecule has 6 nitrogen and oxygen atoms in total. The van der Waals surface area contributed by atoms with Crippen molar-refractivity contribution in [3.8, 4) is 0 Å². The Morgan fingerprint density at radius 2 is 2.10 bits per heavy atom. The van der Waals surface area contributed by atoms with E-state index in [0.29, 0.717) is 13.6 Å². The first-order valence-corrected chi connectivity index (χ1v) is 7.28. The number of carbonyl (C=O) groups is 3. The molecule has 1 aromatic carbocycles. The molecule has 0 unspecified atom stereocenters. The van der Waals surface area contributed by atoms with Crippen molar-refractivity contribution in [1.82, 2.24) is 5.32 Å². The number of hydrogen-bond donors (Lipinski definition) is 2. The van der Waals surface area contributed by atoms with Gasteiger partial charge in [0, 0.05) is 8.04 Å². The van der Waals surface area contributed by atoms with Crippen LogP contribution in [0.4, 0.5) is 0 Å². The number of amides is 1. The molecule has 108 valence electrons. The summed E-state index contributed by atoms with van der Waals surface area (Å²) in [5.74, 6) is -2.57. The smallest absolute Gasteiger partial charge is 0.326 e. The summed E-state index contributed by atoms with van der Waals surface area (Å²) in [5.41, 5.74) is 0.330. The molecule has 0 spiro atoms. The van der Waals surface area contributed by atoms with Crippen molar-refractivity contribution in [3.63, 3.8) is 0 Å². The van der Waals surface area contributed by atoms with Crippen LogP contribution in [0.1, 0.15) is 16.8 Å². The lowest BCUT2D eigenvalue weighted by molar-refractivity contribution is -0.147. The molecular formula is C12H11BrINO5. The topological polar surface area (TPSA) is 92.7 Å². The lowest BCUT2D eigenvalue weighted by atomic mass is 10.1. The first-order valence-electron chi connectivity index (χ1n) is 5.40. The van der Waals surface area contributed by atoms with Crippen molar-refractivity contribution in [3.05, 3.63) is 31.8 Å². The Labute approximate surface area is 137 Å². The van der Waals surface area contributed by atoms with E-state index in [1.165, 1.54) is 0 Å². The highest BCUT2D eigenvalue weighted by molar-refractivity contribution is 14.1. The van der Waals surface area contributed by atoms with E-state index in [4.69, 9.17) is 5.11 Å². The second-order valence-corrected chi connectivity index (χ2v) is 5.85. The van der Waals surface area contributed by atoms with Crippen LogP contribution in [-0.4, -0.2) is 36.1 Å². The van der Waals surface area contributed by atoms with Crippen LogP contribution in [0.5, 0.6) is 0 Å². The van der Waals surface area contributed by atoms with Crippen molar-refractivity contribution >= 4 is 56.4 Å². The van der Waals surface area contributed by atoms with Crippen molar-refractivity contribution < 1.29 is 24.2 Å².